The highest BCUT2D eigenvalue weighted by atomic mass is 35.5. The first-order valence-corrected chi connectivity index (χ1v) is 6.75. The molecule has 1 aromatic rings. The maximum Gasteiger partial charge on any atom is 0.345 e. The number of benzene rings is 1. The van der Waals surface area contributed by atoms with E-state index in [0.717, 1.165) is 12.5 Å². The van der Waals surface area contributed by atoms with Gasteiger partial charge >= 0.3 is 5.97 Å². The summed E-state index contributed by atoms with van der Waals surface area (Å²) in [4.78, 5) is 35.1. The molecule has 1 amide bonds. The highest BCUT2D eigenvalue weighted by molar-refractivity contribution is 6.31. The minimum atomic E-state index is -0.823. The van der Waals surface area contributed by atoms with Crippen LogP contribution in [0.5, 0.6) is 0 Å². The second kappa shape index (κ2) is 6.53. The van der Waals surface area contributed by atoms with Crippen LogP contribution in [0.15, 0.2) is 18.2 Å². The van der Waals surface area contributed by atoms with Crippen molar-refractivity contribution in [2.45, 2.75) is 12.8 Å². The third kappa shape index (κ3) is 3.69. The number of amides is 1. The number of carbonyl (C=O) groups is 2. The van der Waals surface area contributed by atoms with Crippen LogP contribution in [0.25, 0.3) is 0 Å². The van der Waals surface area contributed by atoms with E-state index in [0.29, 0.717) is 19.5 Å². The van der Waals surface area contributed by atoms with Gasteiger partial charge in [0.15, 0.2) is 0 Å². The summed E-state index contributed by atoms with van der Waals surface area (Å²) >= 11 is 5.74. The van der Waals surface area contributed by atoms with Crippen molar-refractivity contribution in [2.75, 3.05) is 19.7 Å². The fourth-order valence-corrected chi connectivity index (χ4v) is 2.27. The number of ether oxygens (including phenoxy) is 1. The summed E-state index contributed by atoms with van der Waals surface area (Å²) in [5.74, 6) is -0.796. The molecule has 0 saturated carbocycles. The minimum absolute atomic E-state index is 0.00571. The first-order chi connectivity index (χ1) is 9.99. The molecule has 0 atom stereocenters. The summed E-state index contributed by atoms with van der Waals surface area (Å²) in [6, 6.07) is 3.69. The molecule has 21 heavy (non-hydrogen) atoms. The third-order valence-corrected chi connectivity index (χ3v) is 3.38. The Bertz CT molecular complexity index is 590. The monoisotopic (exact) mass is 312 g/mol. The Kier molecular flexibility index (Phi) is 4.74. The number of carbonyl (C=O) groups excluding carboxylic acids is 2. The number of nitrogens with zero attached hydrogens (tertiary/aromatic N) is 2. The predicted molar refractivity (Wildman–Crippen MR) is 74.2 cm³/mol. The zero-order valence-corrected chi connectivity index (χ0v) is 11.8. The van der Waals surface area contributed by atoms with E-state index in [1.54, 1.807) is 4.90 Å². The largest absolute Gasteiger partial charge is 0.460 e. The number of esters is 1. The van der Waals surface area contributed by atoms with Crippen molar-refractivity contribution < 1.29 is 19.2 Å². The molecule has 0 aromatic heterocycles. The molecular formula is C13H13ClN2O5. The molecule has 1 saturated heterocycles. The number of hydrogen-bond acceptors (Lipinski definition) is 5. The Hall–Kier alpha value is -2.15. The van der Waals surface area contributed by atoms with Crippen LogP contribution in [0.2, 0.25) is 5.02 Å². The van der Waals surface area contributed by atoms with Gasteiger partial charge in [0.2, 0.25) is 5.91 Å². The quantitative estimate of drug-likeness (QED) is 0.471. The van der Waals surface area contributed by atoms with Gasteiger partial charge in [-0.15, -0.1) is 0 Å². The van der Waals surface area contributed by atoms with Gasteiger partial charge in [-0.2, -0.15) is 0 Å². The van der Waals surface area contributed by atoms with Crippen molar-refractivity contribution >= 4 is 29.2 Å². The van der Waals surface area contributed by atoms with E-state index in [4.69, 9.17) is 16.3 Å². The van der Waals surface area contributed by atoms with Gasteiger partial charge in [-0.1, -0.05) is 11.6 Å². The molecule has 0 N–H and O–H groups in total. The lowest BCUT2D eigenvalue weighted by molar-refractivity contribution is -0.385. The van der Waals surface area contributed by atoms with Crippen molar-refractivity contribution in [2.24, 2.45) is 0 Å². The van der Waals surface area contributed by atoms with Crippen molar-refractivity contribution in [1.29, 1.82) is 0 Å². The standard InChI is InChI=1S/C13H13ClN2O5/c14-9-3-4-11(16(19)20)10(8-9)13(18)21-7-6-15-5-1-2-12(15)17/h3-4,8H,1-2,5-7H2. The molecule has 1 heterocycles. The van der Waals surface area contributed by atoms with Crippen LogP contribution in [-0.4, -0.2) is 41.4 Å². The van der Waals surface area contributed by atoms with E-state index in [2.05, 4.69) is 0 Å². The van der Waals surface area contributed by atoms with Gasteiger partial charge in [-0.05, 0) is 18.6 Å². The molecule has 112 valence electrons. The molecule has 0 aliphatic carbocycles. The summed E-state index contributed by atoms with van der Waals surface area (Å²) in [5, 5.41) is 11.1. The molecule has 1 aliphatic rings. The van der Waals surface area contributed by atoms with Crippen molar-refractivity contribution in [3.63, 3.8) is 0 Å². The van der Waals surface area contributed by atoms with E-state index in [1.165, 1.54) is 12.1 Å². The molecule has 1 aromatic carbocycles. The van der Waals surface area contributed by atoms with E-state index >= 15 is 0 Å². The minimum Gasteiger partial charge on any atom is -0.460 e. The molecule has 1 fully saturated rings. The van der Waals surface area contributed by atoms with Crippen LogP contribution in [0.4, 0.5) is 5.69 Å². The van der Waals surface area contributed by atoms with E-state index in [-0.39, 0.29) is 28.8 Å². The van der Waals surface area contributed by atoms with Gasteiger partial charge in [-0.25, -0.2) is 4.79 Å². The van der Waals surface area contributed by atoms with Crippen LogP contribution < -0.4 is 0 Å². The van der Waals surface area contributed by atoms with E-state index in [1.807, 2.05) is 0 Å². The number of halogens is 1. The summed E-state index contributed by atoms with van der Waals surface area (Å²) in [5.41, 5.74) is -0.554. The fourth-order valence-electron chi connectivity index (χ4n) is 2.10. The van der Waals surface area contributed by atoms with Crippen LogP contribution in [0.1, 0.15) is 23.2 Å². The number of nitro groups is 1. The highest BCUT2D eigenvalue weighted by Crippen LogP contribution is 2.23. The lowest BCUT2D eigenvalue weighted by atomic mass is 10.2. The number of rotatable bonds is 5. The van der Waals surface area contributed by atoms with Gasteiger partial charge in [0.1, 0.15) is 12.2 Å². The molecule has 1 aliphatic heterocycles. The fraction of sp³-hybridized carbons (Fsp3) is 0.385. The predicted octanol–water partition coefficient (Wildman–Crippen LogP) is 2.03. The first-order valence-electron chi connectivity index (χ1n) is 6.38. The normalized spacial score (nSPS) is 14.3. The maximum absolute atomic E-state index is 11.9. The number of hydrogen-bond donors (Lipinski definition) is 0. The summed E-state index contributed by atoms with van der Waals surface area (Å²) in [7, 11) is 0. The van der Waals surface area contributed by atoms with Crippen LogP contribution in [-0.2, 0) is 9.53 Å². The van der Waals surface area contributed by atoms with Crippen molar-refractivity contribution in [1.82, 2.24) is 4.90 Å². The highest BCUT2D eigenvalue weighted by Gasteiger charge is 2.23. The van der Waals surface area contributed by atoms with Crippen LogP contribution in [0.3, 0.4) is 0 Å². The third-order valence-electron chi connectivity index (χ3n) is 3.14. The molecule has 7 nitrogen and oxygen atoms in total. The van der Waals surface area contributed by atoms with E-state index in [9.17, 15) is 19.7 Å². The second-order valence-electron chi connectivity index (χ2n) is 4.54. The Morgan fingerprint density at radius 2 is 2.24 bits per heavy atom. The molecule has 0 radical (unpaired) electrons. The topological polar surface area (TPSA) is 89.8 Å². The van der Waals surface area contributed by atoms with Crippen molar-refractivity contribution in [3.8, 4) is 0 Å². The molecule has 0 unspecified atom stereocenters. The van der Waals surface area contributed by atoms with Gasteiger partial charge < -0.3 is 9.64 Å². The van der Waals surface area contributed by atoms with Gasteiger partial charge in [-0.3, -0.25) is 14.9 Å². The number of nitro benzene ring substituents is 1. The van der Waals surface area contributed by atoms with Crippen LogP contribution in [0, 0.1) is 10.1 Å². The molecule has 0 spiro atoms. The maximum atomic E-state index is 11.9. The summed E-state index contributed by atoms with van der Waals surface area (Å²) in [6.07, 6.45) is 1.31. The Morgan fingerprint density at radius 3 is 2.86 bits per heavy atom. The lowest BCUT2D eigenvalue weighted by Gasteiger charge is -2.15. The molecule has 0 bridgehead atoms. The number of likely N-dealkylation sites (tertiary alicyclic amines) is 1. The zero-order valence-electron chi connectivity index (χ0n) is 11.1. The van der Waals surface area contributed by atoms with Gasteiger partial charge in [0.25, 0.3) is 5.69 Å². The average Bonchev–Trinajstić information content (AvgIpc) is 2.84. The Labute approximate surface area is 125 Å². The smallest absolute Gasteiger partial charge is 0.345 e. The summed E-state index contributed by atoms with van der Waals surface area (Å²) < 4.78 is 4.99. The zero-order chi connectivity index (χ0) is 15.4. The Balaban J connectivity index is 1.98. The first kappa shape index (κ1) is 15.2. The molecule has 2 rings (SSSR count). The Morgan fingerprint density at radius 1 is 1.48 bits per heavy atom. The van der Waals surface area contributed by atoms with Gasteiger partial charge in [0.05, 0.1) is 11.5 Å². The molecule has 8 heteroatoms. The SMILES string of the molecule is O=C(OCCN1CCCC1=O)c1cc(Cl)ccc1[N+](=O)[O-]. The average molecular weight is 313 g/mol. The summed E-state index contributed by atoms with van der Waals surface area (Å²) in [6.45, 7) is 0.931. The lowest BCUT2D eigenvalue weighted by Crippen LogP contribution is -2.29. The molecular weight excluding hydrogens is 300 g/mol. The van der Waals surface area contributed by atoms with E-state index < -0.39 is 10.9 Å². The van der Waals surface area contributed by atoms with Gasteiger partial charge in [0, 0.05) is 24.1 Å². The second-order valence-corrected chi connectivity index (χ2v) is 4.98. The van der Waals surface area contributed by atoms with Crippen molar-refractivity contribution in [3.05, 3.63) is 38.9 Å². The van der Waals surface area contributed by atoms with Crippen LogP contribution >= 0.6 is 11.6 Å².